The Hall–Kier alpha value is -3.14. The predicted molar refractivity (Wildman–Crippen MR) is 144 cm³/mol. The third kappa shape index (κ3) is 7.67. The van der Waals surface area contributed by atoms with Crippen molar-refractivity contribution in [1.29, 1.82) is 0 Å². The third-order valence-electron chi connectivity index (χ3n) is 6.37. The minimum atomic E-state index is -3.22. The molecule has 3 atom stereocenters. The minimum absolute atomic E-state index is 0.0469. The van der Waals surface area contributed by atoms with E-state index in [1.807, 2.05) is 45.0 Å². The summed E-state index contributed by atoms with van der Waals surface area (Å²) in [7, 11) is -3.22. The number of aromatic nitrogens is 1. The number of halogens is 1. The Kier molecular flexibility index (Phi) is 7.77. The molecule has 3 aromatic rings. The molecular weight excluding hydrogens is 495 g/mol. The molecule has 8 nitrogen and oxygen atoms in total. The highest BCUT2D eigenvalue weighted by Crippen LogP contribution is 2.29. The predicted octanol–water partition coefficient (Wildman–Crippen LogP) is 4.53. The number of rotatable bonds is 10. The van der Waals surface area contributed by atoms with Crippen LogP contribution in [0.1, 0.15) is 45.6 Å². The largest absolute Gasteiger partial charge is 0.424 e. The Morgan fingerprint density at radius 3 is 2.70 bits per heavy atom. The summed E-state index contributed by atoms with van der Waals surface area (Å²) in [6.07, 6.45) is 3.07. The summed E-state index contributed by atoms with van der Waals surface area (Å²) in [5, 5.41) is 9.61. The number of hydrogen-bond donors (Lipinski definition) is 3. The van der Waals surface area contributed by atoms with Gasteiger partial charge in [-0.15, -0.1) is 0 Å². The zero-order valence-corrected chi connectivity index (χ0v) is 22.5. The van der Waals surface area contributed by atoms with E-state index in [0.29, 0.717) is 30.4 Å². The molecule has 37 heavy (non-hydrogen) atoms. The maximum absolute atomic E-state index is 13.7. The Morgan fingerprint density at radius 2 is 2.00 bits per heavy atom. The van der Waals surface area contributed by atoms with E-state index in [9.17, 15) is 17.6 Å². The molecule has 0 saturated heterocycles. The number of carbonyl (C=O) groups is 1. The third-order valence-corrected chi connectivity index (χ3v) is 7.35. The number of hydrogen-bond acceptors (Lipinski definition) is 7. The van der Waals surface area contributed by atoms with Crippen molar-refractivity contribution in [3.05, 3.63) is 53.8 Å². The van der Waals surface area contributed by atoms with Crippen molar-refractivity contribution in [3.8, 4) is 0 Å². The topological polar surface area (TPSA) is 113 Å². The fourth-order valence-corrected chi connectivity index (χ4v) is 5.42. The first-order chi connectivity index (χ1) is 17.3. The van der Waals surface area contributed by atoms with Gasteiger partial charge in [-0.1, -0.05) is 32.9 Å². The molecule has 1 unspecified atom stereocenters. The van der Waals surface area contributed by atoms with Gasteiger partial charge in [0.25, 0.3) is 6.01 Å². The van der Waals surface area contributed by atoms with Crippen molar-refractivity contribution in [1.82, 2.24) is 10.3 Å². The second-order valence-electron chi connectivity index (χ2n) is 11.2. The van der Waals surface area contributed by atoms with Gasteiger partial charge < -0.3 is 20.4 Å². The number of benzene rings is 2. The van der Waals surface area contributed by atoms with Crippen molar-refractivity contribution < 1.29 is 22.0 Å². The summed E-state index contributed by atoms with van der Waals surface area (Å²) in [5.41, 5.74) is 2.87. The van der Waals surface area contributed by atoms with Crippen LogP contribution >= 0.6 is 0 Å². The van der Waals surface area contributed by atoms with E-state index in [1.54, 1.807) is 6.07 Å². The maximum atomic E-state index is 13.7. The molecule has 0 fully saturated rings. The first kappa shape index (κ1) is 26.9. The maximum Gasteiger partial charge on any atom is 0.296 e. The number of carbonyl (C=O) groups excluding carboxylic acids is 1. The van der Waals surface area contributed by atoms with Gasteiger partial charge >= 0.3 is 0 Å². The first-order valence-corrected chi connectivity index (χ1v) is 14.6. The van der Waals surface area contributed by atoms with E-state index >= 15 is 0 Å². The van der Waals surface area contributed by atoms with Crippen LogP contribution in [0.25, 0.3) is 11.1 Å². The highest BCUT2D eigenvalue weighted by atomic mass is 32.2. The van der Waals surface area contributed by atoms with E-state index < -0.39 is 21.9 Å². The fraction of sp³-hybridized carbons (Fsp3) is 0.481. The van der Waals surface area contributed by atoms with E-state index in [-0.39, 0.29) is 41.4 Å². The van der Waals surface area contributed by atoms with E-state index in [4.69, 9.17) is 4.42 Å². The van der Waals surface area contributed by atoms with Crippen LogP contribution in [0.2, 0.25) is 0 Å². The first-order valence-electron chi connectivity index (χ1n) is 12.5. The molecule has 0 radical (unpaired) electrons. The Labute approximate surface area is 217 Å². The summed E-state index contributed by atoms with van der Waals surface area (Å²) >= 11 is 0. The normalized spacial score (nSPS) is 17.2. The number of amides is 1. The van der Waals surface area contributed by atoms with Crippen LogP contribution in [-0.4, -0.2) is 49.4 Å². The zero-order chi connectivity index (χ0) is 26.8. The summed E-state index contributed by atoms with van der Waals surface area (Å²) in [4.78, 5) is 18.0. The second kappa shape index (κ2) is 10.7. The Bertz CT molecular complexity index is 1330. The average Bonchev–Trinajstić information content (AvgIpc) is 3.37. The molecule has 0 spiro atoms. The smallest absolute Gasteiger partial charge is 0.296 e. The number of nitrogens with zero attached hydrogens (tertiary/aromatic N) is 1. The quantitative estimate of drug-likeness (QED) is 0.353. The minimum Gasteiger partial charge on any atom is -0.424 e. The van der Waals surface area contributed by atoms with Gasteiger partial charge in [-0.25, -0.2) is 12.8 Å². The summed E-state index contributed by atoms with van der Waals surface area (Å²) in [6, 6.07) is 11.2. The van der Waals surface area contributed by atoms with Gasteiger partial charge in [0.05, 0.1) is 5.75 Å². The Morgan fingerprint density at radius 1 is 1.24 bits per heavy atom. The lowest BCUT2D eigenvalue weighted by molar-refractivity contribution is -0.123. The van der Waals surface area contributed by atoms with Gasteiger partial charge in [-0.2, -0.15) is 4.98 Å². The molecule has 10 heteroatoms. The molecule has 0 saturated carbocycles. The fourth-order valence-electron chi connectivity index (χ4n) is 4.71. The highest BCUT2D eigenvalue weighted by Gasteiger charge is 2.30. The van der Waals surface area contributed by atoms with Crippen LogP contribution in [0.3, 0.4) is 0 Å². The molecule has 1 aromatic heterocycles. The van der Waals surface area contributed by atoms with Gasteiger partial charge in [0.1, 0.15) is 27.2 Å². The van der Waals surface area contributed by atoms with Crippen molar-refractivity contribution in [3.63, 3.8) is 0 Å². The molecule has 4 rings (SSSR count). The lowest BCUT2D eigenvalue weighted by Crippen LogP contribution is -2.48. The molecule has 0 aliphatic carbocycles. The van der Waals surface area contributed by atoms with Gasteiger partial charge in [0, 0.05) is 24.0 Å². The van der Waals surface area contributed by atoms with Gasteiger partial charge in [0.15, 0.2) is 5.58 Å². The highest BCUT2D eigenvalue weighted by molar-refractivity contribution is 7.90. The monoisotopic (exact) mass is 530 g/mol. The number of oxazole rings is 1. The van der Waals surface area contributed by atoms with Crippen molar-refractivity contribution in [2.45, 2.75) is 64.6 Å². The number of para-hydroxylation sites is 2. The van der Waals surface area contributed by atoms with Gasteiger partial charge in [0.2, 0.25) is 5.91 Å². The SMILES string of the molecule is CC(C)(C)C[C@H](Nc1nc2ccccc2o1)C(=O)N[C@H](CCS(C)(=O)=O)CC1Cc2cc(F)ccc2N1. The molecule has 2 aromatic carbocycles. The van der Waals surface area contributed by atoms with Crippen LogP contribution in [0.4, 0.5) is 16.1 Å². The van der Waals surface area contributed by atoms with Gasteiger partial charge in [-0.3, -0.25) is 4.79 Å². The summed E-state index contributed by atoms with van der Waals surface area (Å²) < 4.78 is 43.3. The van der Waals surface area contributed by atoms with Crippen molar-refractivity contribution >= 4 is 38.5 Å². The zero-order valence-electron chi connectivity index (χ0n) is 21.7. The summed E-state index contributed by atoms with van der Waals surface area (Å²) in [6.45, 7) is 6.13. The van der Waals surface area contributed by atoms with E-state index in [0.717, 1.165) is 11.3 Å². The van der Waals surface area contributed by atoms with Crippen LogP contribution in [0.15, 0.2) is 46.9 Å². The molecule has 1 amide bonds. The molecule has 1 aliphatic heterocycles. The Balaban J connectivity index is 1.49. The van der Waals surface area contributed by atoms with Crippen molar-refractivity contribution in [2.75, 3.05) is 22.6 Å². The van der Waals surface area contributed by atoms with Gasteiger partial charge in [-0.05, 0) is 67.0 Å². The number of nitrogens with one attached hydrogen (secondary N) is 3. The number of fused-ring (bicyclic) bond motifs is 2. The molecule has 2 heterocycles. The van der Waals surface area contributed by atoms with Crippen LogP contribution < -0.4 is 16.0 Å². The molecular formula is C27H35FN4O4S. The van der Waals surface area contributed by atoms with E-state index in [2.05, 4.69) is 20.9 Å². The summed E-state index contributed by atoms with van der Waals surface area (Å²) in [5.74, 6) is -0.593. The number of sulfone groups is 1. The average molecular weight is 531 g/mol. The van der Waals surface area contributed by atoms with Crippen LogP contribution in [0.5, 0.6) is 0 Å². The second-order valence-corrected chi connectivity index (χ2v) is 13.4. The van der Waals surface area contributed by atoms with Crippen molar-refractivity contribution in [2.24, 2.45) is 5.41 Å². The lowest BCUT2D eigenvalue weighted by Gasteiger charge is -2.28. The standard InChI is InChI=1S/C27H35FN4O4S/c1-27(2,3)16-23(32-26-31-22-7-5-6-8-24(22)36-26)25(33)30-19(11-12-37(4,34)35)15-20-14-17-13-18(28)9-10-21(17)29-20/h5-10,13,19-20,23,29H,11-12,14-16H2,1-4H3,(H,30,33)(H,31,32)/t19-,20?,23+/m1/s1. The molecule has 1 aliphatic rings. The van der Waals surface area contributed by atoms with Crippen LogP contribution in [0, 0.1) is 11.2 Å². The lowest BCUT2D eigenvalue weighted by atomic mass is 9.87. The number of anilines is 2. The molecule has 0 bridgehead atoms. The molecule has 3 N–H and O–H groups in total. The van der Waals surface area contributed by atoms with E-state index in [1.165, 1.54) is 18.4 Å². The molecule has 200 valence electrons. The van der Waals surface area contributed by atoms with Crippen LogP contribution in [-0.2, 0) is 21.1 Å².